The van der Waals surface area contributed by atoms with Crippen LogP contribution >= 0.6 is 0 Å². The van der Waals surface area contributed by atoms with E-state index in [9.17, 15) is 19.8 Å². The Kier molecular flexibility index (Phi) is 51.6. The number of allylic oxidation sites excluding steroid dienone is 4. The van der Waals surface area contributed by atoms with Crippen LogP contribution in [0.3, 0.4) is 0 Å². The molecule has 0 radical (unpaired) electrons. The lowest BCUT2D eigenvalue weighted by Crippen LogP contribution is -2.45. The molecule has 0 aromatic rings. The molecule has 2 unspecified atom stereocenters. The van der Waals surface area contributed by atoms with Gasteiger partial charge in [-0.3, -0.25) is 9.59 Å². The highest BCUT2D eigenvalue weighted by molar-refractivity contribution is 5.76. The second-order valence-corrected chi connectivity index (χ2v) is 19.3. The summed E-state index contributed by atoms with van der Waals surface area (Å²) < 4.78 is 5.45. The Morgan fingerprint density at radius 3 is 1.24 bits per heavy atom. The maximum atomic E-state index is 12.4. The molecule has 3 N–H and O–H groups in total. The number of carbonyl (C=O) groups is 2. The van der Waals surface area contributed by atoms with Crippen LogP contribution < -0.4 is 5.32 Å². The number of esters is 1. The van der Waals surface area contributed by atoms with Crippen molar-refractivity contribution in [2.24, 2.45) is 0 Å². The number of aliphatic hydroxyl groups is 2. The number of amides is 1. The van der Waals surface area contributed by atoms with Crippen LogP contribution in [0, 0.1) is 0 Å². The fraction of sp³-hybridized carbons (Fsp3) is 0.895. The quantitative estimate of drug-likeness (QED) is 0.0321. The van der Waals surface area contributed by atoms with Crippen LogP contribution in [0.4, 0.5) is 0 Å². The minimum atomic E-state index is -0.699. The van der Waals surface area contributed by atoms with E-state index in [0.717, 1.165) is 51.4 Å². The maximum absolute atomic E-state index is 12.4. The average molecular weight is 889 g/mol. The molecule has 0 saturated carbocycles. The molecule has 0 aliphatic rings. The van der Waals surface area contributed by atoms with Crippen molar-refractivity contribution in [3.63, 3.8) is 0 Å². The topological polar surface area (TPSA) is 95.9 Å². The molecule has 0 aromatic carbocycles. The van der Waals surface area contributed by atoms with Gasteiger partial charge in [0, 0.05) is 12.8 Å². The van der Waals surface area contributed by atoms with Gasteiger partial charge < -0.3 is 20.3 Å². The Bertz CT molecular complexity index is 982. The minimum Gasteiger partial charge on any atom is -0.466 e. The highest BCUT2D eigenvalue weighted by Gasteiger charge is 2.19. The number of hydrogen-bond acceptors (Lipinski definition) is 5. The lowest BCUT2D eigenvalue weighted by atomic mass is 10.0. The minimum absolute atomic E-state index is 0.0150. The van der Waals surface area contributed by atoms with Gasteiger partial charge in [0.15, 0.2) is 0 Å². The van der Waals surface area contributed by atoms with Gasteiger partial charge in [0.25, 0.3) is 0 Å². The van der Waals surface area contributed by atoms with E-state index in [-0.39, 0.29) is 18.5 Å². The van der Waals surface area contributed by atoms with Gasteiger partial charge in [-0.1, -0.05) is 269 Å². The predicted octanol–water partition coefficient (Wildman–Crippen LogP) is 17.1. The molecule has 0 aliphatic carbocycles. The molecule has 0 spiro atoms. The first-order valence-electron chi connectivity index (χ1n) is 28.1. The molecule has 6 nitrogen and oxygen atoms in total. The zero-order valence-electron chi connectivity index (χ0n) is 42.3. The Balaban J connectivity index is 3.54. The molecule has 2 atom stereocenters. The van der Waals surface area contributed by atoms with Crippen LogP contribution in [0.5, 0.6) is 0 Å². The largest absolute Gasteiger partial charge is 0.466 e. The Morgan fingerprint density at radius 2 is 0.810 bits per heavy atom. The van der Waals surface area contributed by atoms with Gasteiger partial charge in [0.05, 0.1) is 25.4 Å². The number of ether oxygens (including phenoxy) is 1. The van der Waals surface area contributed by atoms with Gasteiger partial charge in [-0.25, -0.2) is 0 Å². The summed E-state index contributed by atoms with van der Waals surface area (Å²) in [5.41, 5.74) is 0. The van der Waals surface area contributed by atoms with Gasteiger partial charge in [-0.2, -0.15) is 0 Å². The van der Waals surface area contributed by atoms with Crippen LogP contribution in [-0.4, -0.2) is 47.4 Å². The maximum Gasteiger partial charge on any atom is 0.305 e. The summed E-state index contributed by atoms with van der Waals surface area (Å²) in [5.74, 6) is -0.128. The van der Waals surface area contributed by atoms with Gasteiger partial charge >= 0.3 is 5.97 Å². The van der Waals surface area contributed by atoms with Crippen molar-refractivity contribution in [3.05, 3.63) is 24.3 Å². The smallest absolute Gasteiger partial charge is 0.305 e. The number of nitrogens with one attached hydrogen (secondary N) is 1. The van der Waals surface area contributed by atoms with Crippen LogP contribution in [0.15, 0.2) is 24.3 Å². The Labute approximate surface area is 392 Å². The van der Waals surface area contributed by atoms with E-state index >= 15 is 0 Å². The Hall–Kier alpha value is -1.66. The van der Waals surface area contributed by atoms with Crippen molar-refractivity contribution in [2.45, 2.75) is 315 Å². The number of carbonyl (C=O) groups excluding carboxylic acids is 2. The van der Waals surface area contributed by atoms with E-state index in [1.807, 2.05) is 6.08 Å². The first-order valence-corrected chi connectivity index (χ1v) is 28.1. The zero-order valence-corrected chi connectivity index (χ0v) is 42.3. The number of aliphatic hydroxyl groups excluding tert-OH is 2. The fourth-order valence-electron chi connectivity index (χ4n) is 8.69. The number of unbranched alkanes of at least 4 members (excludes halogenated alkanes) is 37. The zero-order chi connectivity index (χ0) is 45.8. The van der Waals surface area contributed by atoms with E-state index in [1.165, 1.54) is 212 Å². The van der Waals surface area contributed by atoms with E-state index in [0.29, 0.717) is 32.3 Å². The molecule has 6 heteroatoms. The molecular formula is C57H109NO5. The van der Waals surface area contributed by atoms with Gasteiger partial charge in [-0.05, 0) is 44.9 Å². The first-order chi connectivity index (χ1) is 31.0. The molecule has 0 rings (SSSR count). The molecule has 0 aromatic heterocycles. The molecule has 0 bridgehead atoms. The van der Waals surface area contributed by atoms with Crippen molar-refractivity contribution in [1.82, 2.24) is 5.32 Å². The molecule has 63 heavy (non-hydrogen) atoms. The molecule has 372 valence electrons. The van der Waals surface area contributed by atoms with Crippen LogP contribution in [0.2, 0.25) is 0 Å². The summed E-state index contributed by atoms with van der Waals surface area (Å²) in [7, 11) is 0. The summed E-state index contributed by atoms with van der Waals surface area (Å²) >= 11 is 0. The summed E-state index contributed by atoms with van der Waals surface area (Å²) in [6, 6.07) is -0.585. The van der Waals surface area contributed by atoms with Gasteiger partial charge in [0.2, 0.25) is 5.91 Å². The monoisotopic (exact) mass is 888 g/mol. The number of rotatable bonds is 52. The summed E-state index contributed by atoms with van der Waals surface area (Å²) in [5, 5.41) is 23.2. The van der Waals surface area contributed by atoms with Crippen LogP contribution in [-0.2, 0) is 14.3 Å². The second-order valence-electron chi connectivity index (χ2n) is 19.3. The summed E-state index contributed by atoms with van der Waals surface area (Å²) in [4.78, 5) is 24.5. The third kappa shape index (κ3) is 49.6. The molecule has 0 aliphatic heterocycles. The van der Waals surface area contributed by atoms with Crippen LogP contribution in [0.1, 0.15) is 303 Å². The molecule has 0 saturated heterocycles. The normalized spacial score (nSPS) is 12.8. The lowest BCUT2D eigenvalue weighted by molar-refractivity contribution is -0.143. The molecule has 0 heterocycles. The summed E-state index contributed by atoms with van der Waals surface area (Å²) in [6.45, 7) is 4.90. The Morgan fingerprint density at radius 1 is 0.444 bits per heavy atom. The SMILES string of the molecule is CCCCCCCCCCCCCCCCCCCCCCC(O)C(CO)NC(=O)CC/C=C\C/C=C\CCCCCCCCOC(=O)CCCCCCCCCCCCCCC. The van der Waals surface area contributed by atoms with E-state index in [4.69, 9.17) is 4.74 Å². The van der Waals surface area contributed by atoms with Crippen LogP contribution in [0.25, 0.3) is 0 Å². The van der Waals surface area contributed by atoms with Gasteiger partial charge in [-0.15, -0.1) is 0 Å². The van der Waals surface area contributed by atoms with E-state index in [2.05, 4.69) is 37.4 Å². The fourth-order valence-corrected chi connectivity index (χ4v) is 8.69. The second kappa shape index (κ2) is 53.0. The predicted molar refractivity (Wildman–Crippen MR) is 273 cm³/mol. The van der Waals surface area contributed by atoms with Crippen molar-refractivity contribution in [3.8, 4) is 0 Å². The third-order valence-corrected chi connectivity index (χ3v) is 13.0. The standard InChI is InChI=1S/C57H109NO5/c1-3-5-7-9-11-13-15-17-18-19-20-21-22-23-26-29-33-37-41-45-49-55(60)54(53-59)58-56(61)50-46-42-38-34-30-27-24-28-32-36-40-44-48-52-63-57(62)51-47-43-39-35-31-25-16-14-12-10-8-6-4-2/h27,30,38,42,54-55,59-60H,3-26,28-29,31-37,39-41,43-53H2,1-2H3,(H,58,61)/b30-27-,42-38-. The lowest BCUT2D eigenvalue weighted by Gasteiger charge is -2.22. The van der Waals surface area contributed by atoms with Gasteiger partial charge in [0.1, 0.15) is 0 Å². The summed E-state index contributed by atoms with van der Waals surface area (Å²) in [6.07, 6.45) is 63.2. The third-order valence-electron chi connectivity index (χ3n) is 13.0. The number of hydrogen-bond donors (Lipinski definition) is 3. The molecule has 0 fully saturated rings. The average Bonchev–Trinajstić information content (AvgIpc) is 3.28. The van der Waals surface area contributed by atoms with Crippen molar-refractivity contribution in [1.29, 1.82) is 0 Å². The van der Waals surface area contributed by atoms with Crippen molar-refractivity contribution in [2.75, 3.05) is 13.2 Å². The van der Waals surface area contributed by atoms with Crippen molar-refractivity contribution >= 4 is 11.9 Å². The first kappa shape index (κ1) is 61.3. The highest BCUT2D eigenvalue weighted by atomic mass is 16.5. The van der Waals surface area contributed by atoms with Crippen molar-refractivity contribution < 1.29 is 24.5 Å². The van der Waals surface area contributed by atoms with E-state index in [1.54, 1.807) is 0 Å². The molecule has 1 amide bonds. The molecular weight excluding hydrogens is 779 g/mol. The highest BCUT2D eigenvalue weighted by Crippen LogP contribution is 2.17. The van der Waals surface area contributed by atoms with E-state index < -0.39 is 12.1 Å².